The van der Waals surface area contributed by atoms with Crippen molar-refractivity contribution in [1.29, 1.82) is 0 Å². The number of nitrogens with zero attached hydrogens (tertiary/aromatic N) is 3. The Balaban J connectivity index is 2.32. The molecule has 94 valence electrons. The first-order valence-electron chi connectivity index (χ1n) is 5.67. The van der Waals surface area contributed by atoms with Crippen LogP contribution in [0.15, 0.2) is 29.4 Å². The van der Waals surface area contributed by atoms with Gasteiger partial charge >= 0.3 is 0 Å². The summed E-state index contributed by atoms with van der Waals surface area (Å²) in [5.74, 6) is 0.825. The van der Waals surface area contributed by atoms with E-state index in [1.54, 1.807) is 10.9 Å². The summed E-state index contributed by atoms with van der Waals surface area (Å²) < 4.78 is 2.11. The topological polar surface area (TPSA) is 46.0 Å². The number of halogens is 1. The quantitative estimate of drug-likeness (QED) is 0.689. The summed E-state index contributed by atoms with van der Waals surface area (Å²) in [6.07, 6.45) is 3.50. The molecule has 0 saturated heterocycles. The van der Waals surface area contributed by atoms with E-state index in [9.17, 15) is 0 Å². The number of hydrogen-bond donors (Lipinski definition) is 1. The fraction of sp³-hybridized carbons (Fsp3) is 0.250. The minimum atomic E-state index is 0.488. The highest BCUT2D eigenvalue weighted by Gasteiger charge is 2.03. The second-order valence-corrected chi connectivity index (χ2v) is 4.57. The molecule has 1 heterocycles. The largest absolute Gasteiger partial charge is 0.250 e. The van der Waals surface area contributed by atoms with Crippen LogP contribution in [0.3, 0.4) is 0 Å². The number of aromatic amines is 1. The number of rotatable bonds is 4. The maximum atomic E-state index is 6.06. The molecular weight excluding hydrogens is 268 g/mol. The summed E-state index contributed by atoms with van der Waals surface area (Å²) in [5, 5.41) is 11.9. The second-order valence-electron chi connectivity index (χ2n) is 3.77. The lowest BCUT2D eigenvalue weighted by Gasteiger charge is -1.99. The monoisotopic (exact) mass is 280 g/mol. The lowest BCUT2D eigenvalue weighted by atomic mass is 10.2. The Morgan fingerprint density at radius 1 is 1.50 bits per heavy atom. The Morgan fingerprint density at radius 2 is 2.28 bits per heavy atom. The summed E-state index contributed by atoms with van der Waals surface area (Å²) in [6, 6.07) is 7.51. The highest BCUT2D eigenvalue weighted by molar-refractivity contribution is 7.71. The first-order chi connectivity index (χ1) is 8.72. The normalized spacial score (nSPS) is 11.2. The maximum absolute atomic E-state index is 6.06. The molecule has 1 N–H and O–H groups in total. The van der Waals surface area contributed by atoms with Crippen LogP contribution in [0, 0.1) is 4.77 Å². The van der Waals surface area contributed by atoms with Gasteiger partial charge in [-0.3, -0.25) is 5.10 Å². The van der Waals surface area contributed by atoms with Crippen molar-refractivity contribution in [2.24, 2.45) is 5.10 Å². The van der Waals surface area contributed by atoms with Crippen LogP contribution < -0.4 is 0 Å². The van der Waals surface area contributed by atoms with Gasteiger partial charge in [-0.15, -0.1) is 0 Å². The van der Waals surface area contributed by atoms with Crippen LogP contribution in [0.4, 0.5) is 0 Å². The Morgan fingerprint density at radius 3 is 3.00 bits per heavy atom. The zero-order valence-corrected chi connectivity index (χ0v) is 11.5. The molecule has 6 heteroatoms. The van der Waals surface area contributed by atoms with Gasteiger partial charge in [0.15, 0.2) is 5.82 Å². The van der Waals surface area contributed by atoms with Gasteiger partial charge in [-0.2, -0.15) is 14.9 Å². The first-order valence-corrected chi connectivity index (χ1v) is 6.46. The van der Waals surface area contributed by atoms with Crippen molar-refractivity contribution in [3.8, 4) is 0 Å². The third-order valence-electron chi connectivity index (χ3n) is 2.41. The van der Waals surface area contributed by atoms with Crippen LogP contribution >= 0.6 is 23.8 Å². The summed E-state index contributed by atoms with van der Waals surface area (Å²) in [7, 11) is 0. The SMILES string of the molecule is CCCc1n[nH]c(=S)n1/N=C\c1ccccc1Cl. The van der Waals surface area contributed by atoms with E-state index in [1.165, 1.54) is 0 Å². The molecule has 4 nitrogen and oxygen atoms in total. The molecule has 0 fully saturated rings. The molecule has 0 aliphatic rings. The molecule has 0 aliphatic carbocycles. The predicted octanol–water partition coefficient (Wildman–Crippen LogP) is 3.43. The van der Waals surface area contributed by atoms with Gasteiger partial charge in [-0.25, -0.2) is 0 Å². The molecule has 1 aromatic heterocycles. The molecule has 0 spiro atoms. The number of aryl methyl sites for hydroxylation is 1. The molecule has 2 aromatic rings. The minimum Gasteiger partial charge on any atom is -0.250 e. The van der Waals surface area contributed by atoms with Gasteiger partial charge in [0.05, 0.1) is 6.21 Å². The van der Waals surface area contributed by atoms with Crippen molar-refractivity contribution >= 4 is 30.0 Å². The van der Waals surface area contributed by atoms with E-state index >= 15 is 0 Å². The zero-order chi connectivity index (χ0) is 13.0. The van der Waals surface area contributed by atoms with Crippen LogP contribution in [0.25, 0.3) is 0 Å². The van der Waals surface area contributed by atoms with E-state index in [4.69, 9.17) is 23.8 Å². The Labute approximate surface area is 115 Å². The molecule has 0 aliphatic heterocycles. The van der Waals surface area contributed by atoms with E-state index in [0.717, 1.165) is 24.2 Å². The smallest absolute Gasteiger partial charge is 0.216 e. The fourth-order valence-electron chi connectivity index (χ4n) is 1.53. The number of aromatic nitrogens is 3. The highest BCUT2D eigenvalue weighted by Crippen LogP contribution is 2.12. The molecule has 0 atom stereocenters. The summed E-state index contributed by atoms with van der Waals surface area (Å²) in [6.45, 7) is 2.08. The first kappa shape index (κ1) is 13.0. The van der Waals surface area contributed by atoms with Crippen LogP contribution in [0.1, 0.15) is 24.7 Å². The highest BCUT2D eigenvalue weighted by atomic mass is 35.5. The van der Waals surface area contributed by atoms with Crippen molar-refractivity contribution in [3.63, 3.8) is 0 Å². The summed E-state index contributed by atoms with van der Waals surface area (Å²) in [4.78, 5) is 0. The minimum absolute atomic E-state index is 0.488. The van der Waals surface area contributed by atoms with Crippen LogP contribution in [-0.2, 0) is 6.42 Å². The molecule has 0 radical (unpaired) electrons. The Bertz CT molecular complexity index is 615. The predicted molar refractivity (Wildman–Crippen MR) is 75.9 cm³/mol. The van der Waals surface area contributed by atoms with Crippen molar-refractivity contribution in [2.45, 2.75) is 19.8 Å². The molecule has 1 aromatic carbocycles. The van der Waals surface area contributed by atoms with Gasteiger partial charge in [0.2, 0.25) is 4.77 Å². The zero-order valence-electron chi connectivity index (χ0n) is 9.93. The summed E-state index contributed by atoms with van der Waals surface area (Å²) >= 11 is 11.2. The van der Waals surface area contributed by atoms with Gasteiger partial charge in [0, 0.05) is 17.0 Å². The molecular formula is C12H13ClN4S. The van der Waals surface area contributed by atoms with Crippen LogP contribution in [0.5, 0.6) is 0 Å². The van der Waals surface area contributed by atoms with Gasteiger partial charge in [-0.05, 0) is 24.7 Å². The third kappa shape index (κ3) is 2.86. The average molecular weight is 281 g/mol. The van der Waals surface area contributed by atoms with E-state index in [0.29, 0.717) is 9.79 Å². The van der Waals surface area contributed by atoms with E-state index in [1.807, 2.05) is 24.3 Å². The Kier molecular flexibility index (Phi) is 4.28. The molecule has 2 rings (SSSR count). The van der Waals surface area contributed by atoms with Gasteiger partial charge < -0.3 is 0 Å². The fourth-order valence-corrected chi connectivity index (χ4v) is 1.91. The molecule has 0 saturated carbocycles. The van der Waals surface area contributed by atoms with Crippen molar-refractivity contribution < 1.29 is 0 Å². The third-order valence-corrected chi connectivity index (χ3v) is 3.02. The number of nitrogens with one attached hydrogen (secondary N) is 1. The number of hydrogen-bond acceptors (Lipinski definition) is 3. The average Bonchev–Trinajstić information content (AvgIpc) is 2.70. The lowest BCUT2D eigenvalue weighted by Crippen LogP contribution is -1.98. The van der Waals surface area contributed by atoms with Crippen molar-refractivity contribution in [3.05, 3.63) is 45.4 Å². The van der Waals surface area contributed by atoms with Gasteiger partial charge in [0.25, 0.3) is 0 Å². The summed E-state index contributed by atoms with van der Waals surface area (Å²) in [5.41, 5.74) is 0.852. The van der Waals surface area contributed by atoms with Crippen molar-refractivity contribution in [1.82, 2.24) is 14.9 Å². The van der Waals surface area contributed by atoms with E-state index < -0.39 is 0 Å². The van der Waals surface area contributed by atoms with Crippen LogP contribution in [-0.4, -0.2) is 21.1 Å². The Hall–Kier alpha value is -1.46. The maximum Gasteiger partial charge on any atom is 0.216 e. The molecule has 0 amide bonds. The number of H-pyrrole nitrogens is 1. The molecule has 0 unspecified atom stereocenters. The molecule has 0 bridgehead atoms. The number of benzene rings is 1. The standard InChI is InChI=1S/C12H13ClN4S/c1-2-5-11-15-16-12(18)17(11)14-8-9-6-3-4-7-10(9)13/h3-4,6-8H,2,5H2,1H3,(H,16,18)/b14-8-. The van der Waals surface area contributed by atoms with Crippen LogP contribution in [0.2, 0.25) is 5.02 Å². The molecule has 18 heavy (non-hydrogen) atoms. The van der Waals surface area contributed by atoms with E-state index in [-0.39, 0.29) is 0 Å². The second kappa shape index (κ2) is 5.93. The van der Waals surface area contributed by atoms with Gasteiger partial charge in [-0.1, -0.05) is 36.7 Å². The van der Waals surface area contributed by atoms with Gasteiger partial charge in [0.1, 0.15) is 0 Å². The van der Waals surface area contributed by atoms with Crippen molar-refractivity contribution in [2.75, 3.05) is 0 Å². The van der Waals surface area contributed by atoms with E-state index in [2.05, 4.69) is 22.2 Å². The lowest BCUT2D eigenvalue weighted by molar-refractivity contribution is 0.740.